The standard InChI is InChI=1S/C20H21N3O8/c1-13(2)31-20(25)11-17(16-8-3-4-9-18(16)23(28)29)21-19(24)12-30-15-7-5-6-14(10-15)22(26)27/h3-10,13,17H,11-12H2,1-2H3,(H,21,24). The largest absolute Gasteiger partial charge is 0.484 e. The maximum absolute atomic E-state index is 12.4. The van der Waals surface area contributed by atoms with Gasteiger partial charge in [0.05, 0.1) is 40.0 Å². The second kappa shape index (κ2) is 10.7. The van der Waals surface area contributed by atoms with Crippen molar-refractivity contribution in [3.05, 3.63) is 74.3 Å². The summed E-state index contributed by atoms with van der Waals surface area (Å²) in [6.07, 6.45) is -0.724. The van der Waals surface area contributed by atoms with Crippen LogP contribution in [0.25, 0.3) is 0 Å². The van der Waals surface area contributed by atoms with Crippen molar-refractivity contribution in [2.75, 3.05) is 6.61 Å². The zero-order valence-electron chi connectivity index (χ0n) is 16.8. The molecule has 0 heterocycles. The van der Waals surface area contributed by atoms with Crippen LogP contribution in [0.2, 0.25) is 0 Å². The Labute approximate surface area is 177 Å². The van der Waals surface area contributed by atoms with Gasteiger partial charge in [0.1, 0.15) is 5.75 Å². The summed E-state index contributed by atoms with van der Waals surface area (Å²) in [4.78, 5) is 45.5. The van der Waals surface area contributed by atoms with Gasteiger partial charge in [0, 0.05) is 12.1 Å². The van der Waals surface area contributed by atoms with Crippen LogP contribution < -0.4 is 10.1 Å². The van der Waals surface area contributed by atoms with E-state index in [0.29, 0.717) is 0 Å². The minimum atomic E-state index is -1.03. The van der Waals surface area contributed by atoms with Gasteiger partial charge in [-0.15, -0.1) is 0 Å². The Balaban J connectivity index is 2.16. The van der Waals surface area contributed by atoms with Crippen molar-refractivity contribution in [2.24, 2.45) is 0 Å². The molecule has 164 valence electrons. The van der Waals surface area contributed by atoms with Gasteiger partial charge in [-0.1, -0.05) is 24.3 Å². The van der Waals surface area contributed by atoms with Crippen LogP contribution in [-0.4, -0.2) is 34.4 Å². The summed E-state index contributed by atoms with van der Waals surface area (Å²) < 4.78 is 10.4. The molecule has 0 aliphatic carbocycles. The monoisotopic (exact) mass is 431 g/mol. The maximum Gasteiger partial charge on any atom is 0.308 e. The molecular weight excluding hydrogens is 410 g/mol. The predicted octanol–water partition coefficient (Wildman–Crippen LogP) is 3.08. The van der Waals surface area contributed by atoms with Gasteiger partial charge in [-0.25, -0.2) is 0 Å². The number of ether oxygens (including phenoxy) is 2. The van der Waals surface area contributed by atoms with Crippen molar-refractivity contribution in [1.29, 1.82) is 0 Å². The molecule has 2 aromatic rings. The molecule has 1 unspecified atom stereocenters. The van der Waals surface area contributed by atoms with E-state index in [9.17, 15) is 29.8 Å². The molecule has 1 amide bonds. The average molecular weight is 431 g/mol. The number of nitrogens with zero attached hydrogens (tertiary/aromatic N) is 2. The van der Waals surface area contributed by atoms with Crippen molar-refractivity contribution >= 4 is 23.3 Å². The number of para-hydroxylation sites is 1. The molecule has 0 saturated heterocycles. The highest BCUT2D eigenvalue weighted by Gasteiger charge is 2.26. The molecule has 0 aromatic heterocycles. The molecule has 0 spiro atoms. The Bertz CT molecular complexity index is 976. The van der Waals surface area contributed by atoms with Crippen LogP contribution in [-0.2, 0) is 14.3 Å². The molecule has 2 aromatic carbocycles. The van der Waals surface area contributed by atoms with Gasteiger partial charge < -0.3 is 14.8 Å². The van der Waals surface area contributed by atoms with Crippen LogP contribution in [0.4, 0.5) is 11.4 Å². The Morgan fingerprint density at radius 1 is 1.03 bits per heavy atom. The SMILES string of the molecule is CC(C)OC(=O)CC(NC(=O)COc1cccc([N+](=O)[O-])c1)c1ccccc1[N+](=O)[O-]. The molecule has 11 nitrogen and oxygen atoms in total. The Morgan fingerprint density at radius 3 is 2.39 bits per heavy atom. The fraction of sp³-hybridized carbons (Fsp3) is 0.300. The molecule has 2 rings (SSSR count). The first kappa shape index (κ1) is 23.3. The zero-order valence-corrected chi connectivity index (χ0v) is 16.8. The molecule has 0 aliphatic heterocycles. The average Bonchev–Trinajstić information content (AvgIpc) is 2.71. The van der Waals surface area contributed by atoms with E-state index in [0.717, 1.165) is 6.07 Å². The van der Waals surface area contributed by atoms with Crippen molar-refractivity contribution in [1.82, 2.24) is 5.32 Å². The number of nitro groups is 2. The number of non-ortho nitro benzene ring substituents is 1. The zero-order chi connectivity index (χ0) is 23.0. The number of carbonyl (C=O) groups excluding carboxylic acids is 2. The predicted molar refractivity (Wildman–Crippen MR) is 108 cm³/mol. The first-order chi connectivity index (χ1) is 14.7. The van der Waals surface area contributed by atoms with Crippen LogP contribution in [0.3, 0.4) is 0 Å². The normalized spacial score (nSPS) is 11.5. The van der Waals surface area contributed by atoms with Gasteiger partial charge in [-0.3, -0.25) is 29.8 Å². The summed E-state index contributed by atoms with van der Waals surface area (Å²) in [6.45, 7) is 2.80. The van der Waals surface area contributed by atoms with Gasteiger partial charge in [0.25, 0.3) is 17.3 Å². The van der Waals surface area contributed by atoms with E-state index in [1.54, 1.807) is 19.9 Å². The van der Waals surface area contributed by atoms with Gasteiger partial charge in [0.15, 0.2) is 6.61 Å². The molecule has 31 heavy (non-hydrogen) atoms. The maximum atomic E-state index is 12.4. The lowest BCUT2D eigenvalue weighted by Gasteiger charge is -2.19. The smallest absolute Gasteiger partial charge is 0.308 e. The lowest BCUT2D eigenvalue weighted by molar-refractivity contribution is -0.385. The number of carbonyl (C=O) groups is 2. The van der Waals surface area contributed by atoms with E-state index >= 15 is 0 Å². The van der Waals surface area contributed by atoms with E-state index in [1.165, 1.54) is 36.4 Å². The lowest BCUT2D eigenvalue weighted by Crippen LogP contribution is -2.34. The van der Waals surface area contributed by atoms with Gasteiger partial charge in [-0.2, -0.15) is 0 Å². The number of hydrogen-bond acceptors (Lipinski definition) is 8. The number of nitrogens with one attached hydrogen (secondary N) is 1. The third-order valence-electron chi connectivity index (χ3n) is 3.98. The third-order valence-corrected chi connectivity index (χ3v) is 3.98. The fourth-order valence-electron chi connectivity index (χ4n) is 2.74. The summed E-state index contributed by atoms with van der Waals surface area (Å²) in [5, 5.41) is 24.7. The fourth-order valence-corrected chi connectivity index (χ4v) is 2.74. The molecule has 11 heteroatoms. The molecule has 1 atom stereocenters. The van der Waals surface area contributed by atoms with Crippen LogP contribution >= 0.6 is 0 Å². The molecule has 0 aliphatic rings. The second-order valence-corrected chi connectivity index (χ2v) is 6.72. The minimum Gasteiger partial charge on any atom is -0.484 e. The summed E-state index contributed by atoms with van der Waals surface area (Å²) in [5.41, 5.74) is -0.325. The van der Waals surface area contributed by atoms with Gasteiger partial charge >= 0.3 is 5.97 Å². The van der Waals surface area contributed by atoms with Crippen LogP contribution in [0.15, 0.2) is 48.5 Å². The van der Waals surface area contributed by atoms with Crippen LogP contribution in [0.5, 0.6) is 5.75 Å². The summed E-state index contributed by atoms with van der Waals surface area (Å²) in [7, 11) is 0. The molecule has 0 bridgehead atoms. The second-order valence-electron chi connectivity index (χ2n) is 6.72. The third kappa shape index (κ3) is 7.07. The molecule has 0 radical (unpaired) electrons. The topological polar surface area (TPSA) is 151 Å². The minimum absolute atomic E-state index is 0.103. The van der Waals surface area contributed by atoms with E-state index in [-0.39, 0.29) is 29.1 Å². The Hall–Kier alpha value is -4.02. The van der Waals surface area contributed by atoms with E-state index < -0.39 is 40.5 Å². The summed E-state index contributed by atoms with van der Waals surface area (Å²) >= 11 is 0. The quantitative estimate of drug-likeness (QED) is 0.342. The first-order valence-electron chi connectivity index (χ1n) is 9.26. The van der Waals surface area contributed by atoms with Crippen LogP contribution in [0.1, 0.15) is 31.9 Å². The molecule has 0 fully saturated rings. The lowest BCUT2D eigenvalue weighted by atomic mass is 10.0. The summed E-state index contributed by atoms with van der Waals surface area (Å²) in [5.74, 6) is -1.21. The number of nitro benzene ring substituents is 2. The molecule has 1 N–H and O–H groups in total. The van der Waals surface area contributed by atoms with Gasteiger partial charge in [0.2, 0.25) is 0 Å². The number of hydrogen-bond donors (Lipinski definition) is 1. The van der Waals surface area contributed by atoms with Crippen molar-refractivity contribution in [2.45, 2.75) is 32.4 Å². The van der Waals surface area contributed by atoms with E-state index in [2.05, 4.69) is 5.32 Å². The number of rotatable bonds is 10. The first-order valence-corrected chi connectivity index (χ1v) is 9.26. The number of benzene rings is 2. The Morgan fingerprint density at radius 2 is 1.74 bits per heavy atom. The van der Waals surface area contributed by atoms with E-state index in [1.807, 2.05) is 0 Å². The highest BCUT2D eigenvalue weighted by molar-refractivity contribution is 5.79. The van der Waals surface area contributed by atoms with Gasteiger partial charge in [-0.05, 0) is 19.9 Å². The summed E-state index contributed by atoms with van der Waals surface area (Å²) in [6, 6.07) is 9.98. The molecular formula is C20H21N3O8. The Kier molecular flexibility index (Phi) is 8.01. The molecule has 0 saturated carbocycles. The highest BCUT2D eigenvalue weighted by Crippen LogP contribution is 2.27. The van der Waals surface area contributed by atoms with Crippen molar-refractivity contribution in [3.63, 3.8) is 0 Å². The number of amides is 1. The van der Waals surface area contributed by atoms with Crippen LogP contribution in [0, 0.1) is 20.2 Å². The van der Waals surface area contributed by atoms with Crippen molar-refractivity contribution in [3.8, 4) is 5.75 Å². The number of esters is 1. The van der Waals surface area contributed by atoms with Crippen molar-refractivity contribution < 1.29 is 28.9 Å². The van der Waals surface area contributed by atoms with E-state index in [4.69, 9.17) is 9.47 Å². The highest BCUT2D eigenvalue weighted by atomic mass is 16.6.